The van der Waals surface area contributed by atoms with Crippen molar-refractivity contribution >= 4 is 21.6 Å². The van der Waals surface area contributed by atoms with E-state index in [9.17, 15) is 17.9 Å². The van der Waals surface area contributed by atoms with Crippen molar-refractivity contribution in [1.82, 2.24) is 4.31 Å². The zero-order valence-corrected chi connectivity index (χ0v) is 13.4. The normalized spacial score (nSPS) is 21.6. The molecule has 1 aliphatic rings. The molecule has 4 nitrogen and oxygen atoms in total. The van der Waals surface area contributed by atoms with E-state index in [4.69, 9.17) is 11.6 Å². The summed E-state index contributed by atoms with van der Waals surface area (Å²) in [6.45, 7) is 2.12. The summed E-state index contributed by atoms with van der Waals surface area (Å²) in [4.78, 5) is 0. The molecule has 0 bridgehead atoms. The Morgan fingerprint density at radius 2 is 2.24 bits per heavy atom. The highest BCUT2D eigenvalue weighted by Gasteiger charge is 2.34. The Kier molecular flexibility index (Phi) is 5.24. The first-order chi connectivity index (χ1) is 9.79. The third-order valence-electron chi connectivity index (χ3n) is 3.63. The van der Waals surface area contributed by atoms with Gasteiger partial charge in [-0.15, -0.1) is 0 Å². The predicted octanol–water partition coefficient (Wildman–Crippen LogP) is 2.54. The van der Waals surface area contributed by atoms with Gasteiger partial charge in [0, 0.05) is 12.6 Å². The van der Waals surface area contributed by atoms with Gasteiger partial charge >= 0.3 is 0 Å². The lowest BCUT2D eigenvalue weighted by atomic mass is 10.1. The molecule has 7 heteroatoms. The monoisotopic (exact) mass is 335 g/mol. The van der Waals surface area contributed by atoms with Gasteiger partial charge in [-0.25, -0.2) is 12.8 Å². The van der Waals surface area contributed by atoms with Crippen LogP contribution in [-0.2, 0) is 15.8 Å². The van der Waals surface area contributed by atoms with Gasteiger partial charge in [0.2, 0.25) is 10.0 Å². The second-order valence-electron chi connectivity index (χ2n) is 5.50. The molecule has 1 heterocycles. The van der Waals surface area contributed by atoms with Crippen molar-refractivity contribution in [3.05, 3.63) is 34.6 Å². The number of hydrogen-bond donors (Lipinski definition) is 1. The number of sulfonamides is 1. The van der Waals surface area contributed by atoms with Crippen molar-refractivity contribution in [2.24, 2.45) is 0 Å². The molecule has 0 saturated carbocycles. The Balaban J connectivity index is 2.15. The van der Waals surface area contributed by atoms with Crippen LogP contribution >= 0.6 is 11.6 Å². The molecule has 0 radical (unpaired) electrons. The van der Waals surface area contributed by atoms with Crippen LogP contribution < -0.4 is 0 Å². The van der Waals surface area contributed by atoms with E-state index in [-0.39, 0.29) is 16.8 Å². The number of aliphatic hydroxyl groups is 1. The number of aliphatic hydroxyl groups excluding tert-OH is 1. The largest absolute Gasteiger partial charge is 0.393 e. The van der Waals surface area contributed by atoms with Gasteiger partial charge in [-0.05, 0) is 43.9 Å². The summed E-state index contributed by atoms with van der Waals surface area (Å²) in [5.41, 5.74) is 0.462. The lowest BCUT2D eigenvalue weighted by molar-refractivity contribution is 0.158. The molecule has 2 unspecified atom stereocenters. The second-order valence-corrected chi connectivity index (χ2v) is 7.82. The van der Waals surface area contributed by atoms with E-state index in [1.165, 1.54) is 22.5 Å². The maximum absolute atomic E-state index is 13.1. The van der Waals surface area contributed by atoms with Gasteiger partial charge in [0.15, 0.2) is 0 Å². The third-order valence-corrected chi connectivity index (χ3v) is 5.81. The molecule has 0 amide bonds. The number of halogens is 2. The van der Waals surface area contributed by atoms with Crippen LogP contribution in [0.3, 0.4) is 0 Å². The van der Waals surface area contributed by atoms with Gasteiger partial charge in [0.25, 0.3) is 0 Å². The lowest BCUT2D eigenvalue weighted by Gasteiger charge is -2.25. The first-order valence-electron chi connectivity index (χ1n) is 6.91. The van der Waals surface area contributed by atoms with Crippen LogP contribution in [-0.4, -0.2) is 36.5 Å². The van der Waals surface area contributed by atoms with Crippen LogP contribution in [0.15, 0.2) is 18.2 Å². The molecule has 1 saturated heterocycles. The lowest BCUT2D eigenvalue weighted by Crippen LogP contribution is -2.37. The molecule has 2 atom stereocenters. The number of rotatable bonds is 5. The minimum Gasteiger partial charge on any atom is -0.393 e. The van der Waals surface area contributed by atoms with Crippen molar-refractivity contribution < 1.29 is 17.9 Å². The quantitative estimate of drug-likeness (QED) is 0.899. The van der Waals surface area contributed by atoms with Gasteiger partial charge in [-0.2, -0.15) is 4.31 Å². The van der Waals surface area contributed by atoms with Gasteiger partial charge in [0.1, 0.15) is 5.82 Å². The average molecular weight is 336 g/mol. The van der Waals surface area contributed by atoms with Crippen molar-refractivity contribution in [3.8, 4) is 0 Å². The molecular formula is C14H19ClFNO3S. The molecule has 0 aromatic heterocycles. The fourth-order valence-corrected chi connectivity index (χ4v) is 4.75. The Hall–Kier alpha value is -0.690. The van der Waals surface area contributed by atoms with Gasteiger partial charge in [-0.3, -0.25) is 0 Å². The van der Waals surface area contributed by atoms with E-state index in [2.05, 4.69) is 0 Å². The number of nitrogens with zero attached hydrogens (tertiary/aromatic N) is 1. The van der Waals surface area contributed by atoms with Crippen molar-refractivity contribution in [2.45, 2.75) is 44.1 Å². The molecule has 1 aromatic carbocycles. The highest BCUT2D eigenvalue weighted by molar-refractivity contribution is 7.88. The van der Waals surface area contributed by atoms with Crippen LogP contribution in [0.4, 0.5) is 4.39 Å². The standard InChI is InChI=1S/C14H19ClFNO3S/c1-10(18)7-12-3-2-6-17(12)21(19,20)9-11-4-5-14(16)13(15)8-11/h4-5,8,10,12,18H,2-3,6-7,9H2,1H3. The van der Waals surface area contributed by atoms with Crippen molar-refractivity contribution in [2.75, 3.05) is 6.54 Å². The van der Waals surface area contributed by atoms with Crippen LogP contribution in [0.1, 0.15) is 31.7 Å². The topological polar surface area (TPSA) is 57.6 Å². The summed E-state index contributed by atoms with van der Waals surface area (Å²) < 4.78 is 39.6. The molecule has 2 rings (SSSR count). The minimum atomic E-state index is -3.50. The first-order valence-corrected chi connectivity index (χ1v) is 8.90. The molecule has 0 spiro atoms. The summed E-state index contributed by atoms with van der Waals surface area (Å²) in [5.74, 6) is -0.769. The molecule has 1 aliphatic heterocycles. The van der Waals surface area contributed by atoms with Crippen LogP contribution in [0.5, 0.6) is 0 Å². The van der Waals surface area contributed by atoms with Crippen LogP contribution in [0.25, 0.3) is 0 Å². The molecule has 1 N–H and O–H groups in total. The summed E-state index contributed by atoms with van der Waals surface area (Å²) in [5, 5.41) is 9.39. The average Bonchev–Trinajstić information content (AvgIpc) is 2.81. The van der Waals surface area contributed by atoms with E-state index < -0.39 is 21.9 Å². The fraction of sp³-hybridized carbons (Fsp3) is 0.571. The zero-order valence-electron chi connectivity index (χ0n) is 11.8. The van der Waals surface area contributed by atoms with Gasteiger partial charge in [-0.1, -0.05) is 17.7 Å². The molecular weight excluding hydrogens is 317 g/mol. The smallest absolute Gasteiger partial charge is 0.218 e. The Morgan fingerprint density at radius 1 is 1.52 bits per heavy atom. The second kappa shape index (κ2) is 6.60. The van der Waals surface area contributed by atoms with Crippen molar-refractivity contribution in [3.63, 3.8) is 0 Å². The molecule has 1 fully saturated rings. The molecule has 1 aromatic rings. The maximum atomic E-state index is 13.1. The number of benzene rings is 1. The van der Waals surface area contributed by atoms with Crippen LogP contribution in [0, 0.1) is 5.82 Å². The molecule has 21 heavy (non-hydrogen) atoms. The minimum absolute atomic E-state index is 0.0790. The van der Waals surface area contributed by atoms with E-state index in [0.717, 1.165) is 12.8 Å². The van der Waals surface area contributed by atoms with E-state index in [1.807, 2.05) is 0 Å². The van der Waals surface area contributed by atoms with Gasteiger partial charge in [0.05, 0.1) is 16.9 Å². The molecule has 0 aliphatic carbocycles. The first kappa shape index (κ1) is 16.7. The highest BCUT2D eigenvalue weighted by atomic mass is 35.5. The fourth-order valence-electron chi connectivity index (χ4n) is 2.73. The summed E-state index contributed by atoms with van der Waals surface area (Å²) in [6, 6.07) is 3.78. The summed E-state index contributed by atoms with van der Waals surface area (Å²) in [6.07, 6.45) is 1.45. The SMILES string of the molecule is CC(O)CC1CCCN1S(=O)(=O)Cc1ccc(F)c(Cl)c1. The summed E-state index contributed by atoms with van der Waals surface area (Å²) >= 11 is 5.68. The Labute approximate surface area is 129 Å². The zero-order chi connectivity index (χ0) is 15.6. The van der Waals surface area contributed by atoms with Crippen molar-refractivity contribution in [1.29, 1.82) is 0 Å². The third kappa shape index (κ3) is 4.16. The van der Waals surface area contributed by atoms with E-state index in [0.29, 0.717) is 18.5 Å². The Morgan fingerprint density at radius 3 is 2.86 bits per heavy atom. The van der Waals surface area contributed by atoms with E-state index >= 15 is 0 Å². The summed E-state index contributed by atoms with van der Waals surface area (Å²) in [7, 11) is -3.50. The number of hydrogen-bond acceptors (Lipinski definition) is 3. The van der Waals surface area contributed by atoms with Gasteiger partial charge < -0.3 is 5.11 Å². The Bertz CT molecular complexity index is 606. The van der Waals surface area contributed by atoms with E-state index in [1.54, 1.807) is 6.92 Å². The maximum Gasteiger partial charge on any atom is 0.218 e. The molecule has 118 valence electrons. The highest BCUT2D eigenvalue weighted by Crippen LogP contribution is 2.27. The van der Waals surface area contributed by atoms with Crippen LogP contribution in [0.2, 0.25) is 5.02 Å². The predicted molar refractivity (Wildman–Crippen MR) is 80.1 cm³/mol.